The number of aliphatic imine (C=N–C) groups is 1. The van der Waals surface area contributed by atoms with E-state index in [2.05, 4.69) is 30.5 Å². The van der Waals surface area contributed by atoms with Crippen molar-refractivity contribution in [2.24, 2.45) is 4.99 Å². The second kappa shape index (κ2) is 8.53. The number of guanidine groups is 1. The number of nitrogens with zero attached hydrogens (tertiary/aromatic N) is 4. The summed E-state index contributed by atoms with van der Waals surface area (Å²) in [6.07, 6.45) is 4.84. The molecule has 7 nitrogen and oxygen atoms in total. The van der Waals surface area contributed by atoms with Gasteiger partial charge >= 0.3 is 0 Å². The molecular weight excluding hydrogens is 336 g/mol. The summed E-state index contributed by atoms with van der Waals surface area (Å²) in [4.78, 5) is 15.7. The molecule has 8 heteroatoms. The monoisotopic (exact) mass is 362 g/mol. The fraction of sp³-hybridized carbons (Fsp3) is 0.647. The van der Waals surface area contributed by atoms with Gasteiger partial charge in [0.05, 0.1) is 13.2 Å². The highest BCUT2D eigenvalue weighted by Gasteiger charge is 2.19. The van der Waals surface area contributed by atoms with Gasteiger partial charge in [0.25, 0.3) is 0 Å². The molecular formula is C17H26N6OS. The van der Waals surface area contributed by atoms with E-state index in [1.807, 2.05) is 19.9 Å². The third-order valence-corrected chi connectivity index (χ3v) is 4.62. The summed E-state index contributed by atoms with van der Waals surface area (Å²) in [5.74, 6) is 1.23. The highest BCUT2D eigenvalue weighted by molar-refractivity contribution is 7.80. The van der Waals surface area contributed by atoms with Crippen LogP contribution in [0.4, 0.5) is 5.95 Å². The molecule has 0 radical (unpaired) electrons. The Balaban J connectivity index is 1.75. The molecule has 0 unspecified atom stereocenters. The minimum absolute atomic E-state index is 0.444. The number of rotatable bonds is 2. The molecule has 3 rings (SSSR count). The van der Waals surface area contributed by atoms with Crippen LogP contribution in [0.25, 0.3) is 0 Å². The molecule has 136 valence electrons. The lowest BCUT2D eigenvalue weighted by atomic mass is 10.3. The van der Waals surface area contributed by atoms with Gasteiger partial charge in [-0.15, -0.1) is 0 Å². The predicted octanol–water partition coefficient (Wildman–Crippen LogP) is 2.01. The Labute approximate surface area is 154 Å². The van der Waals surface area contributed by atoms with Crippen LogP contribution in [0.1, 0.15) is 37.1 Å². The summed E-state index contributed by atoms with van der Waals surface area (Å²) in [5.41, 5.74) is 1.84. The Morgan fingerprint density at radius 3 is 2.48 bits per heavy atom. The largest absolute Gasteiger partial charge is 0.378 e. The number of hydrogen-bond donors (Lipinski definition) is 2. The number of nitrogens with one attached hydrogen (secondary N) is 2. The Kier molecular flexibility index (Phi) is 6.14. The molecule has 1 aromatic rings. The fourth-order valence-corrected chi connectivity index (χ4v) is 3.46. The Morgan fingerprint density at radius 2 is 1.84 bits per heavy atom. The zero-order chi connectivity index (χ0) is 17.6. The van der Waals surface area contributed by atoms with Crippen LogP contribution in [0.3, 0.4) is 0 Å². The molecule has 0 atom stereocenters. The van der Waals surface area contributed by atoms with Crippen LogP contribution in [-0.2, 0) is 4.74 Å². The third-order valence-electron chi connectivity index (χ3n) is 4.41. The molecule has 1 aliphatic carbocycles. The lowest BCUT2D eigenvalue weighted by Crippen LogP contribution is -2.45. The molecule has 0 spiro atoms. The van der Waals surface area contributed by atoms with E-state index < -0.39 is 0 Å². The molecule has 1 saturated heterocycles. The highest BCUT2D eigenvalue weighted by Crippen LogP contribution is 2.17. The molecule has 25 heavy (non-hydrogen) atoms. The van der Waals surface area contributed by atoms with Crippen molar-refractivity contribution in [3.8, 4) is 0 Å². The molecule has 1 aliphatic heterocycles. The van der Waals surface area contributed by atoms with Crippen molar-refractivity contribution in [1.82, 2.24) is 20.2 Å². The fourth-order valence-electron chi connectivity index (χ4n) is 3.21. The zero-order valence-corrected chi connectivity index (χ0v) is 15.7. The van der Waals surface area contributed by atoms with Crippen molar-refractivity contribution in [3.63, 3.8) is 0 Å². The molecule has 2 fully saturated rings. The van der Waals surface area contributed by atoms with Gasteiger partial charge in [-0.3, -0.25) is 5.32 Å². The van der Waals surface area contributed by atoms with Crippen molar-refractivity contribution in [3.05, 3.63) is 17.5 Å². The average molecular weight is 363 g/mol. The number of thiocarbonyl (C=S) groups is 1. The highest BCUT2D eigenvalue weighted by atomic mass is 32.1. The average Bonchev–Trinajstić information content (AvgIpc) is 3.07. The molecule has 0 amide bonds. The van der Waals surface area contributed by atoms with Crippen molar-refractivity contribution in [2.75, 3.05) is 31.6 Å². The van der Waals surface area contributed by atoms with Gasteiger partial charge in [0.15, 0.2) is 5.11 Å². The Bertz CT molecular complexity index is 618. The minimum Gasteiger partial charge on any atom is -0.378 e. The lowest BCUT2D eigenvalue weighted by molar-refractivity contribution is 0.0680. The van der Waals surface area contributed by atoms with Crippen LogP contribution in [0.5, 0.6) is 0 Å². The van der Waals surface area contributed by atoms with Crippen LogP contribution < -0.4 is 10.6 Å². The van der Waals surface area contributed by atoms with Gasteiger partial charge in [-0.1, -0.05) is 12.8 Å². The Hall–Kier alpha value is -1.80. The summed E-state index contributed by atoms with van der Waals surface area (Å²) in [5, 5.41) is 7.14. The van der Waals surface area contributed by atoms with Gasteiger partial charge in [0.1, 0.15) is 0 Å². The summed E-state index contributed by atoms with van der Waals surface area (Å²) in [6, 6.07) is 2.39. The van der Waals surface area contributed by atoms with Gasteiger partial charge in [-0.05, 0) is 45.0 Å². The molecule has 1 saturated carbocycles. The first-order valence-corrected chi connectivity index (χ1v) is 9.32. The Morgan fingerprint density at radius 1 is 1.20 bits per heavy atom. The topological polar surface area (TPSA) is 74.7 Å². The summed E-state index contributed by atoms with van der Waals surface area (Å²) >= 11 is 5.47. The second-order valence-corrected chi connectivity index (χ2v) is 6.95. The molecule has 2 heterocycles. The normalized spacial score (nSPS) is 19.1. The van der Waals surface area contributed by atoms with Gasteiger partial charge in [0.2, 0.25) is 11.9 Å². The molecule has 1 aromatic heterocycles. The summed E-state index contributed by atoms with van der Waals surface area (Å²) in [7, 11) is 0. The lowest BCUT2D eigenvalue weighted by Gasteiger charge is -2.30. The standard InChI is InChI=1S/C17H26N6OS/c1-12-11-13(2)19-15(18-12)21-16(23-7-9-24-10-8-23)22-17(25)20-14-5-3-4-6-14/h11,14H,3-10H2,1-2H3,(H2,18,19,20,21,22,25). The third kappa shape index (κ3) is 5.34. The molecule has 0 aromatic carbocycles. The molecule has 0 bridgehead atoms. The van der Waals surface area contributed by atoms with Crippen molar-refractivity contribution >= 4 is 29.2 Å². The van der Waals surface area contributed by atoms with Crippen LogP contribution >= 0.6 is 12.2 Å². The maximum atomic E-state index is 5.47. The van der Waals surface area contributed by atoms with Gasteiger partial charge in [0, 0.05) is 30.5 Å². The van der Waals surface area contributed by atoms with Crippen molar-refractivity contribution < 1.29 is 4.74 Å². The summed E-state index contributed by atoms with van der Waals surface area (Å²) in [6.45, 7) is 6.80. The molecule has 2 N–H and O–H groups in total. The first kappa shape index (κ1) is 18.0. The first-order valence-electron chi connectivity index (χ1n) is 8.91. The molecule has 2 aliphatic rings. The van der Waals surface area contributed by atoms with Crippen molar-refractivity contribution in [1.29, 1.82) is 0 Å². The van der Waals surface area contributed by atoms with Gasteiger partial charge in [-0.25, -0.2) is 9.97 Å². The number of morpholine rings is 1. The van der Waals surface area contributed by atoms with Gasteiger partial charge < -0.3 is 15.0 Å². The van der Waals surface area contributed by atoms with E-state index in [1.165, 1.54) is 12.8 Å². The smallest absolute Gasteiger partial charge is 0.229 e. The van der Waals surface area contributed by atoms with Crippen molar-refractivity contribution in [2.45, 2.75) is 45.6 Å². The van der Waals surface area contributed by atoms with E-state index in [4.69, 9.17) is 17.0 Å². The number of hydrogen-bond acceptors (Lipinski definition) is 4. The van der Waals surface area contributed by atoms with E-state index >= 15 is 0 Å². The SMILES string of the molecule is Cc1cc(C)nc(N/C(=N/C(=S)NC2CCCC2)N2CCOCC2)n1. The quantitative estimate of drug-likeness (QED) is 0.473. The van der Waals surface area contributed by atoms with E-state index in [1.54, 1.807) is 0 Å². The maximum absolute atomic E-state index is 5.47. The maximum Gasteiger partial charge on any atom is 0.229 e. The minimum atomic E-state index is 0.444. The predicted molar refractivity (Wildman–Crippen MR) is 103 cm³/mol. The summed E-state index contributed by atoms with van der Waals surface area (Å²) < 4.78 is 5.45. The first-order chi connectivity index (χ1) is 12.1. The van der Waals surface area contributed by atoms with E-state index in [0.717, 1.165) is 37.3 Å². The van der Waals surface area contributed by atoms with E-state index in [-0.39, 0.29) is 0 Å². The number of ether oxygens (including phenoxy) is 1. The number of anilines is 1. The van der Waals surface area contributed by atoms with Crippen LogP contribution in [0, 0.1) is 13.8 Å². The van der Waals surface area contributed by atoms with Crippen LogP contribution in [0.15, 0.2) is 11.1 Å². The number of aromatic nitrogens is 2. The van der Waals surface area contributed by atoms with Crippen LogP contribution in [-0.4, -0.2) is 58.3 Å². The van der Waals surface area contributed by atoms with Crippen LogP contribution in [0.2, 0.25) is 0 Å². The second-order valence-electron chi connectivity index (χ2n) is 6.57. The number of aryl methyl sites for hydroxylation is 2. The van der Waals surface area contributed by atoms with Gasteiger partial charge in [-0.2, -0.15) is 4.99 Å². The zero-order valence-electron chi connectivity index (χ0n) is 14.9. The van der Waals surface area contributed by atoms with E-state index in [9.17, 15) is 0 Å². The van der Waals surface area contributed by atoms with E-state index in [0.29, 0.717) is 36.3 Å².